The highest BCUT2D eigenvalue weighted by atomic mass is 35.5. The topological polar surface area (TPSA) is 35.2 Å². The van der Waals surface area contributed by atoms with E-state index >= 15 is 0 Å². The summed E-state index contributed by atoms with van der Waals surface area (Å²) in [5.74, 6) is 0.889. The Morgan fingerprint density at radius 3 is 2.69 bits per heavy atom. The zero-order chi connectivity index (χ0) is 11.5. The molecule has 2 aromatic rings. The lowest BCUT2D eigenvalue weighted by Gasteiger charge is -2.09. The molecule has 2 nitrogen and oxygen atoms in total. The highest BCUT2D eigenvalue weighted by molar-refractivity contribution is 6.31. The first-order valence-corrected chi connectivity index (χ1v) is 5.58. The molecule has 2 rings (SSSR count). The smallest absolute Gasteiger partial charge is 0.122 e. The number of fused-ring (bicyclic) bond motifs is 1. The molecule has 0 saturated carbocycles. The normalized spacial score (nSPS) is 10.7. The molecular formula is C13H14ClNO. The predicted molar refractivity (Wildman–Crippen MR) is 68.3 cm³/mol. The molecule has 0 unspecified atom stereocenters. The number of rotatable bonds is 3. The lowest BCUT2D eigenvalue weighted by atomic mass is 10.0. The van der Waals surface area contributed by atoms with Crippen molar-refractivity contribution >= 4 is 22.4 Å². The van der Waals surface area contributed by atoms with Crippen molar-refractivity contribution in [2.45, 2.75) is 6.42 Å². The SMILES string of the molecule is COc1cc2ccc(Cl)cc2cc1CCN. The Hall–Kier alpha value is -1.25. The molecule has 0 aliphatic rings. The summed E-state index contributed by atoms with van der Waals surface area (Å²) in [6, 6.07) is 9.94. The van der Waals surface area contributed by atoms with Crippen molar-refractivity contribution in [2.75, 3.05) is 13.7 Å². The van der Waals surface area contributed by atoms with Crippen LogP contribution in [0, 0.1) is 0 Å². The second-order valence-electron chi connectivity index (χ2n) is 3.69. The molecule has 0 fully saturated rings. The lowest BCUT2D eigenvalue weighted by Crippen LogP contribution is -2.04. The molecule has 0 spiro atoms. The number of halogens is 1. The van der Waals surface area contributed by atoms with E-state index < -0.39 is 0 Å². The van der Waals surface area contributed by atoms with Crippen LogP contribution in [0.1, 0.15) is 5.56 Å². The summed E-state index contributed by atoms with van der Waals surface area (Å²) in [5.41, 5.74) is 6.70. The number of ether oxygens (including phenoxy) is 1. The van der Waals surface area contributed by atoms with E-state index in [4.69, 9.17) is 22.1 Å². The molecule has 0 saturated heterocycles. The number of hydrogen-bond donors (Lipinski definition) is 1. The van der Waals surface area contributed by atoms with Crippen molar-refractivity contribution < 1.29 is 4.74 Å². The number of nitrogens with two attached hydrogens (primary N) is 1. The standard InChI is InChI=1S/C13H14ClNO/c1-16-13-8-9-2-3-12(14)7-11(9)6-10(13)4-5-15/h2-3,6-8H,4-5,15H2,1H3. The lowest BCUT2D eigenvalue weighted by molar-refractivity contribution is 0.410. The van der Waals surface area contributed by atoms with Gasteiger partial charge >= 0.3 is 0 Å². The van der Waals surface area contributed by atoms with Gasteiger partial charge in [0.1, 0.15) is 5.75 Å². The van der Waals surface area contributed by atoms with Crippen molar-refractivity contribution in [3.05, 3.63) is 40.9 Å². The summed E-state index contributed by atoms with van der Waals surface area (Å²) in [6.07, 6.45) is 0.811. The minimum atomic E-state index is 0.614. The molecule has 0 amide bonds. The van der Waals surface area contributed by atoms with Crippen molar-refractivity contribution in [2.24, 2.45) is 5.73 Å². The maximum absolute atomic E-state index is 5.97. The van der Waals surface area contributed by atoms with Gasteiger partial charge in [0.05, 0.1) is 7.11 Å². The molecule has 0 radical (unpaired) electrons. The maximum atomic E-state index is 5.97. The first-order valence-electron chi connectivity index (χ1n) is 5.21. The Labute approximate surface area is 100.0 Å². The first kappa shape index (κ1) is 11.2. The van der Waals surface area contributed by atoms with Crippen LogP contribution in [-0.4, -0.2) is 13.7 Å². The summed E-state index contributed by atoms with van der Waals surface area (Å²) in [6.45, 7) is 0.614. The third kappa shape index (κ3) is 2.13. The third-order valence-electron chi connectivity index (χ3n) is 2.62. The summed E-state index contributed by atoms with van der Waals surface area (Å²) in [7, 11) is 1.68. The fraction of sp³-hybridized carbons (Fsp3) is 0.231. The molecule has 2 aromatic carbocycles. The fourth-order valence-corrected chi connectivity index (χ4v) is 2.02. The molecule has 16 heavy (non-hydrogen) atoms. The Morgan fingerprint density at radius 2 is 2.00 bits per heavy atom. The van der Waals surface area contributed by atoms with E-state index in [-0.39, 0.29) is 0 Å². The van der Waals surface area contributed by atoms with Gasteiger partial charge in [0.15, 0.2) is 0 Å². The molecule has 2 N–H and O–H groups in total. The predicted octanol–water partition coefficient (Wildman–Crippen LogP) is 3.00. The van der Waals surface area contributed by atoms with Gasteiger partial charge in [0.25, 0.3) is 0 Å². The molecule has 3 heteroatoms. The van der Waals surface area contributed by atoms with Crippen LogP contribution in [-0.2, 0) is 6.42 Å². The van der Waals surface area contributed by atoms with Crippen LogP contribution in [0.25, 0.3) is 10.8 Å². The molecule has 0 bridgehead atoms. The van der Waals surface area contributed by atoms with Gasteiger partial charge in [-0.05, 0) is 53.6 Å². The fourth-order valence-electron chi connectivity index (χ4n) is 1.84. The van der Waals surface area contributed by atoms with Crippen LogP contribution >= 0.6 is 11.6 Å². The van der Waals surface area contributed by atoms with Crippen molar-refractivity contribution in [1.82, 2.24) is 0 Å². The van der Waals surface area contributed by atoms with Crippen LogP contribution in [0.5, 0.6) is 5.75 Å². The van der Waals surface area contributed by atoms with Gasteiger partial charge in [-0.25, -0.2) is 0 Å². The third-order valence-corrected chi connectivity index (χ3v) is 2.85. The number of methoxy groups -OCH3 is 1. The second kappa shape index (κ2) is 4.73. The zero-order valence-electron chi connectivity index (χ0n) is 9.16. The number of benzene rings is 2. The Morgan fingerprint density at radius 1 is 1.19 bits per heavy atom. The Kier molecular flexibility index (Phi) is 3.32. The van der Waals surface area contributed by atoms with Gasteiger partial charge in [0.2, 0.25) is 0 Å². The summed E-state index contributed by atoms with van der Waals surface area (Å²) >= 11 is 5.97. The van der Waals surface area contributed by atoms with E-state index in [0.29, 0.717) is 6.54 Å². The molecular weight excluding hydrogens is 222 g/mol. The minimum absolute atomic E-state index is 0.614. The van der Waals surface area contributed by atoms with E-state index in [1.54, 1.807) is 7.11 Å². The molecule has 0 atom stereocenters. The average molecular weight is 236 g/mol. The van der Waals surface area contributed by atoms with Gasteiger partial charge in [-0.15, -0.1) is 0 Å². The van der Waals surface area contributed by atoms with Gasteiger partial charge < -0.3 is 10.5 Å². The maximum Gasteiger partial charge on any atom is 0.122 e. The monoisotopic (exact) mass is 235 g/mol. The molecule has 84 valence electrons. The van der Waals surface area contributed by atoms with E-state index in [2.05, 4.69) is 6.07 Å². The Balaban J connectivity index is 2.60. The van der Waals surface area contributed by atoms with Gasteiger partial charge in [-0.2, -0.15) is 0 Å². The van der Waals surface area contributed by atoms with E-state index in [0.717, 1.165) is 33.5 Å². The highest BCUT2D eigenvalue weighted by Gasteiger charge is 2.05. The van der Waals surface area contributed by atoms with Crippen LogP contribution < -0.4 is 10.5 Å². The Bertz CT molecular complexity index is 511. The first-order chi connectivity index (χ1) is 7.74. The molecule has 0 aliphatic heterocycles. The van der Waals surface area contributed by atoms with E-state index in [1.165, 1.54) is 0 Å². The van der Waals surface area contributed by atoms with E-state index in [9.17, 15) is 0 Å². The van der Waals surface area contributed by atoms with Crippen LogP contribution in [0.15, 0.2) is 30.3 Å². The molecule has 0 heterocycles. The highest BCUT2D eigenvalue weighted by Crippen LogP contribution is 2.28. The minimum Gasteiger partial charge on any atom is -0.496 e. The quantitative estimate of drug-likeness (QED) is 0.888. The number of hydrogen-bond acceptors (Lipinski definition) is 2. The van der Waals surface area contributed by atoms with Gasteiger partial charge in [0, 0.05) is 5.02 Å². The van der Waals surface area contributed by atoms with Crippen molar-refractivity contribution in [3.8, 4) is 5.75 Å². The van der Waals surface area contributed by atoms with Crippen molar-refractivity contribution in [3.63, 3.8) is 0 Å². The second-order valence-corrected chi connectivity index (χ2v) is 4.13. The average Bonchev–Trinajstić information content (AvgIpc) is 2.28. The van der Waals surface area contributed by atoms with Gasteiger partial charge in [-0.1, -0.05) is 17.7 Å². The zero-order valence-corrected chi connectivity index (χ0v) is 9.92. The van der Waals surface area contributed by atoms with Crippen LogP contribution in [0.3, 0.4) is 0 Å². The summed E-state index contributed by atoms with van der Waals surface area (Å²) in [5, 5.41) is 3.00. The van der Waals surface area contributed by atoms with E-state index in [1.807, 2.05) is 24.3 Å². The van der Waals surface area contributed by atoms with Crippen LogP contribution in [0.2, 0.25) is 5.02 Å². The summed E-state index contributed by atoms with van der Waals surface area (Å²) < 4.78 is 5.35. The largest absolute Gasteiger partial charge is 0.496 e. The van der Waals surface area contributed by atoms with Gasteiger partial charge in [-0.3, -0.25) is 0 Å². The van der Waals surface area contributed by atoms with Crippen molar-refractivity contribution in [1.29, 1.82) is 0 Å². The molecule has 0 aromatic heterocycles. The van der Waals surface area contributed by atoms with Crippen LogP contribution in [0.4, 0.5) is 0 Å². The summed E-state index contributed by atoms with van der Waals surface area (Å²) in [4.78, 5) is 0. The molecule has 0 aliphatic carbocycles.